The van der Waals surface area contributed by atoms with E-state index in [0.29, 0.717) is 17.9 Å². The lowest BCUT2D eigenvalue weighted by molar-refractivity contribution is 0.510. The molecular formula is C16H22FN3O. The predicted molar refractivity (Wildman–Crippen MR) is 83.4 cm³/mol. The number of hydrogen-bond acceptors (Lipinski definition) is 2. The van der Waals surface area contributed by atoms with Crippen LogP contribution in [-0.2, 0) is 13.0 Å². The standard InChI is InChI=1S/C16H22FN3O/c1-4-6-14-15(18)16(21)20(19(14)9-5-2)13-8-7-12(17)10-11(13)3/h7-8,10H,4-6,9,18H2,1-3H3. The van der Waals surface area contributed by atoms with Gasteiger partial charge in [0.15, 0.2) is 0 Å². The Labute approximate surface area is 124 Å². The molecule has 0 aliphatic rings. The summed E-state index contributed by atoms with van der Waals surface area (Å²) in [7, 11) is 0. The van der Waals surface area contributed by atoms with Crippen LogP contribution in [0.5, 0.6) is 0 Å². The Bertz CT molecular complexity index is 700. The molecule has 0 aliphatic carbocycles. The highest BCUT2D eigenvalue weighted by atomic mass is 19.1. The van der Waals surface area contributed by atoms with Gasteiger partial charge in [-0.1, -0.05) is 20.3 Å². The summed E-state index contributed by atoms with van der Waals surface area (Å²) in [5.74, 6) is -0.306. The lowest BCUT2D eigenvalue weighted by Gasteiger charge is -2.15. The molecule has 0 saturated carbocycles. The van der Waals surface area contributed by atoms with Crippen LogP contribution in [-0.4, -0.2) is 9.36 Å². The van der Waals surface area contributed by atoms with Crippen LogP contribution < -0.4 is 11.3 Å². The molecular weight excluding hydrogens is 269 g/mol. The van der Waals surface area contributed by atoms with Crippen molar-refractivity contribution in [3.05, 3.63) is 45.6 Å². The van der Waals surface area contributed by atoms with Crippen LogP contribution in [0.25, 0.3) is 5.69 Å². The third-order valence-electron chi connectivity index (χ3n) is 3.60. The van der Waals surface area contributed by atoms with Crippen molar-refractivity contribution < 1.29 is 4.39 Å². The van der Waals surface area contributed by atoms with Crippen LogP contribution in [0.2, 0.25) is 0 Å². The monoisotopic (exact) mass is 291 g/mol. The average molecular weight is 291 g/mol. The van der Waals surface area contributed by atoms with Gasteiger partial charge in [0.2, 0.25) is 0 Å². The first-order chi connectivity index (χ1) is 10.0. The van der Waals surface area contributed by atoms with Crippen LogP contribution in [0.1, 0.15) is 37.9 Å². The molecule has 114 valence electrons. The zero-order valence-electron chi connectivity index (χ0n) is 12.8. The van der Waals surface area contributed by atoms with Crippen molar-refractivity contribution in [2.24, 2.45) is 0 Å². The highest BCUT2D eigenvalue weighted by Gasteiger charge is 2.18. The molecule has 0 spiro atoms. The number of benzene rings is 1. The van der Waals surface area contributed by atoms with Gasteiger partial charge in [-0.25, -0.2) is 9.07 Å². The maximum atomic E-state index is 13.3. The van der Waals surface area contributed by atoms with Gasteiger partial charge in [-0.05, 0) is 43.5 Å². The Hall–Kier alpha value is -2.04. The summed E-state index contributed by atoms with van der Waals surface area (Å²) in [4.78, 5) is 12.5. The van der Waals surface area contributed by atoms with Gasteiger partial charge < -0.3 is 5.73 Å². The van der Waals surface area contributed by atoms with Crippen molar-refractivity contribution in [2.75, 3.05) is 5.73 Å². The third kappa shape index (κ3) is 2.73. The first-order valence-electron chi connectivity index (χ1n) is 7.37. The molecule has 1 heterocycles. The van der Waals surface area contributed by atoms with Crippen LogP contribution >= 0.6 is 0 Å². The summed E-state index contributed by atoms with van der Waals surface area (Å²) in [6.07, 6.45) is 2.57. The number of hydrogen-bond donors (Lipinski definition) is 1. The molecule has 1 aromatic carbocycles. The fourth-order valence-electron chi connectivity index (χ4n) is 2.65. The molecule has 0 aliphatic heterocycles. The molecule has 2 rings (SSSR count). The molecule has 5 heteroatoms. The minimum atomic E-state index is -0.306. The van der Waals surface area contributed by atoms with Gasteiger partial charge >= 0.3 is 0 Å². The normalized spacial score (nSPS) is 11.0. The predicted octanol–water partition coefficient (Wildman–Crippen LogP) is 3.03. The average Bonchev–Trinajstić information content (AvgIpc) is 2.66. The molecule has 0 radical (unpaired) electrons. The smallest absolute Gasteiger partial charge is 0.294 e. The van der Waals surface area contributed by atoms with Crippen LogP contribution in [0, 0.1) is 12.7 Å². The molecule has 1 aromatic heterocycles. The van der Waals surface area contributed by atoms with Crippen LogP contribution in [0.3, 0.4) is 0 Å². The van der Waals surface area contributed by atoms with Crippen molar-refractivity contribution in [3.63, 3.8) is 0 Å². The van der Waals surface area contributed by atoms with Crippen molar-refractivity contribution in [1.29, 1.82) is 0 Å². The lowest BCUT2D eigenvalue weighted by Crippen LogP contribution is -2.23. The first kappa shape index (κ1) is 15.4. The zero-order chi connectivity index (χ0) is 15.6. The Kier molecular flexibility index (Phi) is 4.50. The van der Waals surface area contributed by atoms with Gasteiger partial charge in [-0.3, -0.25) is 9.48 Å². The van der Waals surface area contributed by atoms with Crippen molar-refractivity contribution in [1.82, 2.24) is 9.36 Å². The van der Waals surface area contributed by atoms with Gasteiger partial charge in [0.05, 0.1) is 11.4 Å². The maximum Gasteiger partial charge on any atom is 0.294 e. The molecule has 2 N–H and O–H groups in total. The number of rotatable bonds is 5. The molecule has 0 amide bonds. The molecule has 0 bridgehead atoms. The topological polar surface area (TPSA) is 53.0 Å². The lowest BCUT2D eigenvalue weighted by atomic mass is 10.2. The van der Waals surface area contributed by atoms with Crippen molar-refractivity contribution in [3.8, 4) is 5.69 Å². The Morgan fingerprint density at radius 1 is 1.24 bits per heavy atom. The van der Waals surface area contributed by atoms with E-state index in [1.807, 2.05) is 4.68 Å². The molecule has 0 saturated heterocycles. The summed E-state index contributed by atoms with van der Waals surface area (Å²) in [6, 6.07) is 4.43. The van der Waals surface area contributed by atoms with E-state index in [1.165, 1.54) is 12.1 Å². The minimum absolute atomic E-state index is 0.221. The SMILES string of the molecule is CCCc1c(N)c(=O)n(-c2ccc(F)cc2C)n1CCC. The summed E-state index contributed by atoms with van der Waals surface area (Å²) in [5, 5.41) is 0. The first-order valence-corrected chi connectivity index (χ1v) is 7.37. The summed E-state index contributed by atoms with van der Waals surface area (Å²) >= 11 is 0. The van der Waals surface area contributed by atoms with Crippen molar-refractivity contribution in [2.45, 2.75) is 46.6 Å². The van der Waals surface area contributed by atoms with Crippen LogP contribution in [0.15, 0.2) is 23.0 Å². The Balaban J connectivity index is 2.72. The van der Waals surface area contributed by atoms with Crippen LogP contribution in [0.4, 0.5) is 10.1 Å². The van der Waals surface area contributed by atoms with E-state index < -0.39 is 0 Å². The van der Waals surface area contributed by atoms with E-state index in [9.17, 15) is 9.18 Å². The molecule has 0 unspecified atom stereocenters. The van der Waals surface area contributed by atoms with E-state index in [0.717, 1.165) is 30.5 Å². The fourth-order valence-corrected chi connectivity index (χ4v) is 2.65. The van der Waals surface area contributed by atoms with Gasteiger partial charge in [0, 0.05) is 6.54 Å². The highest BCUT2D eigenvalue weighted by molar-refractivity contribution is 5.48. The van der Waals surface area contributed by atoms with Crippen molar-refractivity contribution >= 4 is 5.69 Å². The molecule has 4 nitrogen and oxygen atoms in total. The van der Waals surface area contributed by atoms with E-state index >= 15 is 0 Å². The number of anilines is 1. The second kappa shape index (κ2) is 6.16. The minimum Gasteiger partial charge on any atom is -0.393 e. The van der Waals surface area contributed by atoms with Gasteiger partial charge in [-0.2, -0.15) is 0 Å². The molecule has 0 atom stereocenters. The second-order valence-corrected chi connectivity index (χ2v) is 5.28. The van der Waals surface area contributed by atoms with E-state index in [1.54, 1.807) is 17.7 Å². The number of nitrogens with zero attached hydrogens (tertiary/aromatic N) is 2. The number of aromatic nitrogens is 2. The number of aryl methyl sites for hydroxylation is 1. The number of nitrogen functional groups attached to an aromatic ring is 1. The third-order valence-corrected chi connectivity index (χ3v) is 3.60. The Morgan fingerprint density at radius 3 is 2.52 bits per heavy atom. The highest BCUT2D eigenvalue weighted by Crippen LogP contribution is 2.19. The maximum absolute atomic E-state index is 13.3. The Morgan fingerprint density at radius 2 is 1.95 bits per heavy atom. The quantitative estimate of drug-likeness (QED) is 0.920. The van der Waals surface area contributed by atoms with E-state index in [-0.39, 0.29) is 11.4 Å². The van der Waals surface area contributed by atoms with Gasteiger partial charge in [0.25, 0.3) is 5.56 Å². The summed E-state index contributed by atoms with van der Waals surface area (Å²) in [5.41, 5.74) is 8.36. The second-order valence-electron chi connectivity index (χ2n) is 5.28. The molecule has 2 aromatic rings. The fraction of sp³-hybridized carbons (Fsp3) is 0.438. The van der Waals surface area contributed by atoms with Gasteiger partial charge in [-0.15, -0.1) is 0 Å². The number of nitrogens with two attached hydrogens (primary N) is 1. The van der Waals surface area contributed by atoms with Gasteiger partial charge in [0.1, 0.15) is 11.5 Å². The largest absolute Gasteiger partial charge is 0.393 e. The molecule has 0 fully saturated rings. The van der Waals surface area contributed by atoms with E-state index in [2.05, 4.69) is 13.8 Å². The summed E-state index contributed by atoms with van der Waals surface area (Å²) in [6.45, 7) is 6.61. The number of halogens is 1. The molecule has 21 heavy (non-hydrogen) atoms. The zero-order valence-corrected chi connectivity index (χ0v) is 12.8. The summed E-state index contributed by atoms with van der Waals surface area (Å²) < 4.78 is 16.8. The van der Waals surface area contributed by atoms with E-state index in [4.69, 9.17) is 5.73 Å².